The molecule has 3 rings (SSSR count). The zero-order valence-corrected chi connectivity index (χ0v) is 20.4. The fourth-order valence-corrected chi connectivity index (χ4v) is 4.45. The van der Waals surface area contributed by atoms with E-state index in [-0.39, 0.29) is 4.75 Å². The quantitative estimate of drug-likeness (QED) is 0.306. The van der Waals surface area contributed by atoms with Gasteiger partial charge in [-0.25, -0.2) is 0 Å². The predicted octanol–water partition coefficient (Wildman–Crippen LogP) is 4.99. The molecule has 0 N–H and O–H groups in total. The molecule has 0 bridgehead atoms. The van der Waals surface area contributed by atoms with Crippen LogP contribution in [-0.4, -0.2) is 34.7 Å². The first-order valence-electron chi connectivity index (χ1n) is 11.2. The monoisotopic (exact) mass is 451 g/mol. The van der Waals surface area contributed by atoms with Crippen LogP contribution in [0.4, 0.5) is 5.69 Å². The van der Waals surface area contributed by atoms with Gasteiger partial charge in [-0.2, -0.15) is 5.26 Å². The van der Waals surface area contributed by atoms with Crippen LogP contribution in [0, 0.1) is 11.3 Å². The van der Waals surface area contributed by atoms with Crippen LogP contribution in [-0.2, 0) is 35.5 Å². The van der Waals surface area contributed by atoms with Crippen LogP contribution in [0.25, 0.3) is 0 Å². The number of nitriles is 1. The molecule has 0 saturated carbocycles. The van der Waals surface area contributed by atoms with Crippen LogP contribution < -0.4 is 4.90 Å². The maximum atomic E-state index is 12.3. The predicted molar refractivity (Wildman–Crippen MR) is 132 cm³/mol. The molecule has 0 radical (unpaired) electrons. The van der Waals surface area contributed by atoms with Crippen LogP contribution in [0.5, 0.6) is 0 Å². The van der Waals surface area contributed by atoms with E-state index in [4.69, 9.17) is 4.74 Å². The molecular weight excluding hydrogens is 418 g/mol. The average molecular weight is 452 g/mol. The highest BCUT2D eigenvalue weighted by Crippen LogP contribution is 2.33. The summed E-state index contributed by atoms with van der Waals surface area (Å²) in [6.07, 6.45) is 2.47. The summed E-state index contributed by atoms with van der Waals surface area (Å²) in [5.41, 5.74) is 6.06. The molecule has 1 atom stereocenters. The van der Waals surface area contributed by atoms with Crippen molar-refractivity contribution in [3.05, 3.63) is 64.7 Å². The lowest BCUT2D eigenvalue weighted by Crippen LogP contribution is -2.26. The second-order valence-corrected chi connectivity index (χ2v) is 11.2. The normalized spacial score (nSPS) is 14.9. The molecule has 2 aromatic rings. The van der Waals surface area contributed by atoms with Crippen molar-refractivity contribution in [2.45, 2.75) is 58.3 Å². The fourth-order valence-electron chi connectivity index (χ4n) is 3.83. The Morgan fingerprint density at radius 1 is 1.22 bits per heavy atom. The third kappa shape index (κ3) is 6.59. The molecule has 170 valence electrons. The first-order chi connectivity index (χ1) is 15.3. The van der Waals surface area contributed by atoms with E-state index in [2.05, 4.69) is 33.6 Å². The molecule has 32 heavy (non-hydrogen) atoms. The molecular formula is C26H33N3O2S. The van der Waals surface area contributed by atoms with Gasteiger partial charge >= 0.3 is 0 Å². The molecule has 0 aromatic heterocycles. The Labute approximate surface area is 195 Å². The molecule has 0 amide bonds. The highest BCUT2D eigenvalue weighted by molar-refractivity contribution is 7.91. The molecule has 2 aromatic carbocycles. The third-order valence-electron chi connectivity index (χ3n) is 5.39. The van der Waals surface area contributed by atoms with Gasteiger partial charge in [-0.1, -0.05) is 40.8 Å². The second kappa shape index (κ2) is 11.0. The van der Waals surface area contributed by atoms with E-state index in [0.717, 1.165) is 42.9 Å². The molecule has 0 fully saturated rings. The lowest BCUT2D eigenvalue weighted by molar-refractivity contribution is 0.119. The number of hydrogen-bond donors (Lipinski definition) is 0. The molecule has 1 aliphatic rings. The lowest BCUT2D eigenvalue weighted by Gasteiger charge is -2.21. The van der Waals surface area contributed by atoms with Crippen LogP contribution in [0.2, 0.25) is 0 Å². The van der Waals surface area contributed by atoms with Crippen molar-refractivity contribution in [2.75, 3.05) is 24.6 Å². The Hall–Kier alpha value is -2.33. The highest BCUT2D eigenvalue weighted by Gasteiger charge is 2.27. The van der Waals surface area contributed by atoms with Crippen molar-refractivity contribution in [1.29, 1.82) is 5.26 Å². The van der Waals surface area contributed by atoms with E-state index in [1.807, 2.05) is 52.0 Å². The average Bonchev–Trinajstić information content (AvgIpc) is 3.15. The van der Waals surface area contributed by atoms with E-state index in [1.165, 1.54) is 11.1 Å². The first-order valence-corrected chi connectivity index (χ1v) is 12.3. The van der Waals surface area contributed by atoms with Crippen molar-refractivity contribution in [1.82, 2.24) is 0 Å². The summed E-state index contributed by atoms with van der Waals surface area (Å²) < 4.78 is 22.1. The largest absolute Gasteiger partial charge is 0.591 e. The fraction of sp³-hybridized carbons (Fsp3) is 0.462. The summed E-state index contributed by atoms with van der Waals surface area (Å²) in [5.74, 6) is 0. The van der Waals surface area contributed by atoms with Gasteiger partial charge in [0.2, 0.25) is 0 Å². The van der Waals surface area contributed by atoms with Crippen LogP contribution >= 0.6 is 0 Å². The van der Waals surface area contributed by atoms with Crippen molar-refractivity contribution >= 4 is 22.8 Å². The summed E-state index contributed by atoms with van der Waals surface area (Å²) in [6.45, 7) is 10.8. The number of ether oxygens (including phenoxy) is 1. The minimum Gasteiger partial charge on any atom is -0.591 e. The number of anilines is 1. The van der Waals surface area contributed by atoms with Gasteiger partial charge in [0.1, 0.15) is 22.2 Å². The Balaban J connectivity index is 1.59. The Morgan fingerprint density at radius 3 is 2.66 bits per heavy atom. The Kier molecular flexibility index (Phi) is 8.36. The van der Waals surface area contributed by atoms with Crippen molar-refractivity contribution < 1.29 is 9.29 Å². The van der Waals surface area contributed by atoms with Crippen LogP contribution in [0.3, 0.4) is 0 Å². The van der Waals surface area contributed by atoms with Gasteiger partial charge in [-0.05, 0) is 63.3 Å². The van der Waals surface area contributed by atoms with E-state index in [1.54, 1.807) is 0 Å². The standard InChI is InChI=1S/C26H33N3O2S/c1-20(28-32(30)26(2,3)4)15-22-16-23-11-13-29(25(23)24(17-22)18-27)12-8-14-31-19-21-9-6-5-7-10-21/h5-7,9-10,16-17H,8,11-15,19H2,1-4H3. The van der Waals surface area contributed by atoms with Crippen molar-refractivity contribution in [3.8, 4) is 6.07 Å². The molecule has 0 aliphatic carbocycles. The minimum absolute atomic E-state index is 0.373. The highest BCUT2D eigenvalue weighted by atomic mass is 32.2. The molecule has 0 spiro atoms. The van der Waals surface area contributed by atoms with Gasteiger partial charge in [-0.3, -0.25) is 0 Å². The van der Waals surface area contributed by atoms with E-state index in [9.17, 15) is 9.81 Å². The molecule has 5 nitrogen and oxygen atoms in total. The molecule has 1 aliphatic heterocycles. The van der Waals surface area contributed by atoms with E-state index >= 15 is 0 Å². The topological polar surface area (TPSA) is 71.7 Å². The molecule has 6 heteroatoms. The Bertz CT molecular complexity index is 977. The van der Waals surface area contributed by atoms with Gasteiger partial charge in [0, 0.05) is 26.1 Å². The van der Waals surface area contributed by atoms with Gasteiger partial charge < -0.3 is 14.2 Å². The lowest BCUT2D eigenvalue weighted by atomic mass is 10.00. The van der Waals surface area contributed by atoms with E-state index < -0.39 is 11.4 Å². The number of rotatable bonds is 9. The number of nitrogens with zero attached hydrogens (tertiary/aromatic N) is 3. The van der Waals surface area contributed by atoms with Crippen LogP contribution in [0.15, 0.2) is 46.9 Å². The zero-order valence-electron chi connectivity index (χ0n) is 19.6. The van der Waals surface area contributed by atoms with Crippen molar-refractivity contribution in [3.63, 3.8) is 0 Å². The van der Waals surface area contributed by atoms with Gasteiger partial charge in [0.25, 0.3) is 0 Å². The summed E-state index contributed by atoms with van der Waals surface area (Å²) >= 11 is -1.27. The second-order valence-electron chi connectivity index (χ2n) is 9.26. The van der Waals surface area contributed by atoms with Crippen molar-refractivity contribution in [2.24, 2.45) is 4.40 Å². The van der Waals surface area contributed by atoms with Crippen LogP contribution in [0.1, 0.15) is 56.4 Å². The maximum Gasteiger partial charge on any atom is 0.144 e. The summed E-state index contributed by atoms with van der Waals surface area (Å²) in [4.78, 5) is 2.30. The first kappa shape index (κ1) is 24.3. The smallest absolute Gasteiger partial charge is 0.144 e. The van der Waals surface area contributed by atoms with Gasteiger partial charge in [-0.15, -0.1) is 0 Å². The Morgan fingerprint density at radius 2 is 1.97 bits per heavy atom. The molecule has 1 unspecified atom stereocenters. The van der Waals surface area contributed by atoms with Gasteiger partial charge in [0.05, 0.1) is 23.6 Å². The summed E-state index contributed by atoms with van der Waals surface area (Å²) in [5, 5.41) is 9.79. The van der Waals surface area contributed by atoms with E-state index in [0.29, 0.717) is 25.2 Å². The van der Waals surface area contributed by atoms with Gasteiger partial charge in [0.15, 0.2) is 0 Å². The SMILES string of the molecule is CC(Cc1cc(C#N)c2c(c1)CCN2CCCOCc1ccccc1)=N[S+]([O-])C(C)(C)C. The minimum atomic E-state index is -1.27. The third-order valence-corrected chi connectivity index (χ3v) is 6.91. The molecule has 1 heterocycles. The zero-order chi connectivity index (χ0) is 23.1. The number of benzene rings is 2. The summed E-state index contributed by atoms with van der Waals surface area (Å²) in [7, 11) is 0. The summed E-state index contributed by atoms with van der Waals surface area (Å²) in [6, 6.07) is 16.7. The maximum absolute atomic E-state index is 12.3. The molecule has 0 saturated heterocycles. The number of hydrogen-bond acceptors (Lipinski definition) is 5. The number of fused-ring (bicyclic) bond motifs is 1.